The lowest BCUT2D eigenvalue weighted by molar-refractivity contribution is 0.102. The third-order valence-corrected chi connectivity index (χ3v) is 4.35. The molecule has 0 radical (unpaired) electrons. The van der Waals surface area contributed by atoms with Gasteiger partial charge in [-0.25, -0.2) is 4.98 Å². The van der Waals surface area contributed by atoms with Gasteiger partial charge < -0.3 is 15.4 Å². The number of rotatable bonds is 6. The number of pyridine rings is 1. The van der Waals surface area contributed by atoms with Gasteiger partial charge >= 0.3 is 0 Å². The van der Waals surface area contributed by atoms with Crippen LogP contribution in [0.3, 0.4) is 0 Å². The summed E-state index contributed by atoms with van der Waals surface area (Å²) in [5.41, 5.74) is 4.62. The number of nitrogens with zero attached hydrogens (tertiary/aromatic N) is 1. The lowest BCUT2D eigenvalue weighted by atomic mass is 10.1. The highest BCUT2D eigenvalue weighted by Gasteiger charge is 2.10. The van der Waals surface area contributed by atoms with Crippen LogP contribution in [0.5, 0.6) is 5.75 Å². The van der Waals surface area contributed by atoms with Gasteiger partial charge in [0.25, 0.3) is 5.91 Å². The fraction of sp³-hybridized carbons (Fsp3) is 0.182. The summed E-state index contributed by atoms with van der Waals surface area (Å²) in [7, 11) is 1.58. The molecular weight excluding hydrogens is 338 g/mol. The average molecular weight is 361 g/mol. The molecule has 0 aliphatic carbocycles. The Morgan fingerprint density at radius 3 is 2.59 bits per heavy atom. The Hall–Kier alpha value is -3.34. The number of aryl methyl sites for hydroxylation is 2. The van der Waals surface area contributed by atoms with Crippen molar-refractivity contribution in [3.05, 3.63) is 83.0 Å². The van der Waals surface area contributed by atoms with E-state index in [1.807, 2.05) is 37.3 Å². The molecule has 0 atom stereocenters. The fourth-order valence-electron chi connectivity index (χ4n) is 2.74. The van der Waals surface area contributed by atoms with Crippen molar-refractivity contribution in [1.29, 1.82) is 0 Å². The monoisotopic (exact) mass is 361 g/mol. The summed E-state index contributed by atoms with van der Waals surface area (Å²) in [5, 5.41) is 6.16. The molecule has 0 spiro atoms. The van der Waals surface area contributed by atoms with E-state index in [-0.39, 0.29) is 5.91 Å². The predicted molar refractivity (Wildman–Crippen MR) is 108 cm³/mol. The van der Waals surface area contributed by atoms with E-state index in [0.29, 0.717) is 23.5 Å². The largest absolute Gasteiger partial charge is 0.495 e. The van der Waals surface area contributed by atoms with Crippen molar-refractivity contribution in [1.82, 2.24) is 4.98 Å². The van der Waals surface area contributed by atoms with E-state index in [1.54, 1.807) is 25.4 Å². The maximum Gasteiger partial charge on any atom is 0.257 e. The molecule has 0 aliphatic rings. The number of carbonyl (C=O) groups is 1. The van der Waals surface area contributed by atoms with E-state index in [2.05, 4.69) is 34.7 Å². The maximum absolute atomic E-state index is 12.5. The van der Waals surface area contributed by atoms with Gasteiger partial charge in [0.15, 0.2) is 0 Å². The lowest BCUT2D eigenvalue weighted by Crippen LogP contribution is -2.13. The van der Waals surface area contributed by atoms with Crippen LogP contribution in [-0.4, -0.2) is 18.0 Å². The van der Waals surface area contributed by atoms with Gasteiger partial charge in [-0.15, -0.1) is 0 Å². The van der Waals surface area contributed by atoms with Crippen LogP contribution in [0, 0.1) is 13.8 Å². The van der Waals surface area contributed by atoms with Crippen LogP contribution in [-0.2, 0) is 6.54 Å². The average Bonchev–Trinajstić information content (AvgIpc) is 2.68. The number of anilines is 2. The number of carbonyl (C=O) groups excluding carboxylic acids is 1. The van der Waals surface area contributed by atoms with E-state index in [4.69, 9.17) is 4.74 Å². The van der Waals surface area contributed by atoms with Crippen molar-refractivity contribution in [3.63, 3.8) is 0 Å². The lowest BCUT2D eigenvalue weighted by Gasteiger charge is -2.11. The Morgan fingerprint density at radius 1 is 1.07 bits per heavy atom. The first-order valence-corrected chi connectivity index (χ1v) is 8.77. The number of ether oxygens (including phenoxy) is 1. The second kappa shape index (κ2) is 8.36. The molecule has 0 fully saturated rings. The minimum atomic E-state index is -0.225. The van der Waals surface area contributed by atoms with Crippen LogP contribution in [0.25, 0.3) is 0 Å². The Balaban J connectivity index is 1.65. The van der Waals surface area contributed by atoms with E-state index in [0.717, 1.165) is 11.4 Å². The van der Waals surface area contributed by atoms with Gasteiger partial charge in [0.05, 0.1) is 18.4 Å². The zero-order valence-corrected chi connectivity index (χ0v) is 15.7. The molecule has 5 heteroatoms. The van der Waals surface area contributed by atoms with Crippen LogP contribution in [0.4, 0.5) is 11.5 Å². The summed E-state index contributed by atoms with van der Waals surface area (Å²) in [4.78, 5) is 16.8. The minimum Gasteiger partial charge on any atom is -0.495 e. The van der Waals surface area contributed by atoms with Crippen molar-refractivity contribution in [2.24, 2.45) is 0 Å². The summed E-state index contributed by atoms with van der Waals surface area (Å²) < 4.78 is 5.30. The molecular formula is C22H23N3O2. The first kappa shape index (κ1) is 18.5. The Labute approximate surface area is 159 Å². The smallest absolute Gasteiger partial charge is 0.257 e. The molecule has 1 aromatic heterocycles. The summed E-state index contributed by atoms with van der Waals surface area (Å²) in [6.07, 6.45) is 1.57. The number of aromatic nitrogens is 1. The van der Waals surface area contributed by atoms with Crippen molar-refractivity contribution in [2.75, 3.05) is 17.7 Å². The van der Waals surface area contributed by atoms with E-state index in [1.165, 1.54) is 11.1 Å². The SMILES string of the molecule is COc1ccc(C)cc1NC(=O)c1ccc(NCc2ccccc2C)nc1. The number of amides is 1. The molecule has 138 valence electrons. The van der Waals surface area contributed by atoms with Crippen molar-refractivity contribution in [3.8, 4) is 5.75 Å². The van der Waals surface area contributed by atoms with Gasteiger partial charge in [0.2, 0.25) is 0 Å². The second-order valence-corrected chi connectivity index (χ2v) is 6.37. The van der Waals surface area contributed by atoms with E-state index >= 15 is 0 Å². The predicted octanol–water partition coefficient (Wildman–Crippen LogP) is 4.57. The third kappa shape index (κ3) is 4.64. The van der Waals surface area contributed by atoms with Crippen LogP contribution in [0.1, 0.15) is 27.0 Å². The number of nitrogens with one attached hydrogen (secondary N) is 2. The summed E-state index contributed by atoms with van der Waals surface area (Å²) >= 11 is 0. The standard InChI is InChI=1S/C22H23N3O2/c1-15-8-10-20(27-3)19(12-15)25-22(26)18-9-11-21(24-14-18)23-13-17-7-5-4-6-16(17)2/h4-12,14H,13H2,1-3H3,(H,23,24)(H,25,26). The van der Waals surface area contributed by atoms with Crippen molar-refractivity contribution in [2.45, 2.75) is 20.4 Å². The zero-order chi connectivity index (χ0) is 19.2. The Bertz CT molecular complexity index is 937. The molecule has 2 aromatic carbocycles. The Kier molecular flexibility index (Phi) is 5.71. The van der Waals surface area contributed by atoms with E-state index in [9.17, 15) is 4.79 Å². The van der Waals surface area contributed by atoms with Crippen LogP contribution in [0.15, 0.2) is 60.8 Å². The van der Waals surface area contributed by atoms with E-state index < -0.39 is 0 Å². The normalized spacial score (nSPS) is 10.3. The minimum absolute atomic E-state index is 0.225. The highest BCUT2D eigenvalue weighted by atomic mass is 16.5. The van der Waals surface area contributed by atoms with Gasteiger partial charge in [-0.3, -0.25) is 4.79 Å². The molecule has 1 amide bonds. The molecule has 1 heterocycles. The van der Waals surface area contributed by atoms with Crippen LogP contribution in [0.2, 0.25) is 0 Å². The molecule has 0 saturated heterocycles. The molecule has 0 bridgehead atoms. The summed E-state index contributed by atoms with van der Waals surface area (Å²) in [5.74, 6) is 1.12. The molecule has 0 saturated carbocycles. The molecule has 2 N–H and O–H groups in total. The zero-order valence-electron chi connectivity index (χ0n) is 15.7. The van der Waals surface area contributed by atoms with Crippen molar-refractivity contribution < 1.29 is 9.53 Å². The molecule has 5 nitrogen and oxygen atoms in total. The first-order valence-electron chi connectivity index (χ1n) is 8.77. The van der Waals surface area contributed by atoms with Gasteiger partial charge in [0.1, 0.15) is 11.6 Å². The number of hydrogen-bond donors (Lipinski definition) is 2. The highest BCUT2D eigenvalue weighted by molar-refractivity contribution is 6.05. The summed E-state index contributed by atoms with van der Waals surface area (Å²) in [6, 6.07) is 17.4. The van der Waals surface area contributed by atoms with Gasteiger partial charge in [-0.1, -0.05) is 30.3 Å². The second-order valence-electron chi connectivity index (χ2n) is 6.37. The summed E-state index contributed by atoms with van der Waals surface area (Å²) in [6.45, 7) is 4.73. The van der Waals surface area contributed by atoms with Crippen molar-refractivity contribution >= 4 is 17.4 Å². The molecule has 3 rings (SSSR count). The van der Waals surface area contributed by atoms with Crippen LogP contribution >= 0.6 is 0 Å². The number of benzene rings is 2. The molecule has 27 heavy (non-hydrogen) atoms. The molecule has 0 unspecified atom stereocenters. The first-order chi connectivity index (χ1) is 13.1. The van der Waals surface area contributed by atoms with Gasteiger partial charge in [-0.2, -0.15) is 0 Å². The van der Waals surface area contributed by atoms with Crippen LogP contribution < -0.4 is 15.4 Å². The fourth-order valence-corrected chi connectivity index (χ4v) is 2.74. The third-order valence-electron chi connectivity index (χ3n) is 4.35. The highest BCUT2D eigenvalue weighted by Crippen LogP contribution is 2.25. The topological polar surface area (TPSA) is 63.2 Å². The number of methoxy groups -OCH3 is 1. The quantitative estimate of drug-likeness (QED) is 0.675. The van der Waals surface area contributed by atoms with Gasteiger partial charge in [-0.05, 0) is 54.8 Å². The maximum atomic E-state index is 12.5. The Morgan fingerprint density at radius 2 is 1.89 bits per heavy atom. The molecule has 3 aromatic rings. The van der Waals surface area contributed by atoms with Gasteiger partial charge in [0, 0.05) is 12.7 Å². The molecule has 0 aliphatic heterocycles. The number of hydrogen-bond acceptors (Lipinski definition) is 4.